The molecule has 0 spiro atoms. The standard InChI is InChI=1S/C14H18BClN4O/c16-13-9-12(19-3-1-15(11-17)2-4-19)10-14(18-13)20-5-7-21-8-6-20/h9-10H,1-8H2. The van der Waals surface area contributed by atoms with Gasteiger partial charge in [-0.25, -0.2) is 10.2 Å². The fourth-order valence-corrected chi connectivity index (χ4v) is 3.07. The number of morpholine rings is 1. The second-order valence-corrected chi connectivity index (χ2v) is 5.88. The van der Waals surface area contributed by atoms with Crippen molar-refractivity contribution >= 4 is 29.8 Å². The summed E-state index contributed by atoms with van der Waals surface area (Å²) in [5, 5.41) is 9.51. The summed E-state index contributed by atoms with van der Waals surface area (Å²) in [5.41, 5.74) is 1.10. The van der Waals surface area contributed by atoms with Gasteiger partial charge in [0.15, 0.2) is 0 Å². The van der Waals surface area contributed by atoms with Crippen LogP contribution in [-0.4, -0.2) is 51.1 Å². The zero-order valence-corrected chi connectivity index (χ0v) is 12.7. The van der Waals surface area contributed by atoms with E-state index in [9.17, 15) is 0 Å². The van der Waals surface area contributed by atoms with Crippen molar-refractivity contribution in [2.75, 3.05) is 49.2 Å². The molecule has 0 amide bonds. The Labute approximate surface area is 130 Å². The Bertz CT molecular complexity index is 536. The summed E-state index contributed by atoms with van der Waals surface area (Å²) < 4.78 is 5.38. The number of aromatic nitrogens is 1. The van der Waals surface area contributed by atoms with Crippen LogP contribution in [0, 0.1) is 11.2 Å². The third kappa shape index (κ3) is 3.42. The number of pyridine rings is 1. The molecule has 3 heterocycles. The SMILES string of the molecule is N#CB1CCN(c2cc(Cl)nc(N3CCOCC3)c2)CC1. The molecule has 2 aliphatic rings. The van der Waals surface area contributed by atoms with Crippen LogP contribution in [0.15, 0.2) is 12.1 Å². The van der Waals surface area contributed by atoms with Crippen molar-refractivity contribution in [1.82, 2.24) is 4.98 Å². The first-order chi connectivity index (χ1) is 10.3. The molecule has 1 aromatic rings. The van der Waals surface area contributed by atoms with E-state index in [4.69, 9.17) is 21.6 Å². The van der Waals surface area contributed by atoms with Crippen LogP contribution in [0.2, 0.25) is 17.8 Å². The Kier molecular flexibility index (Phi) is 4.52. The zero-order valence-electron chi connectivity index (χ0n) is 12.0. The quantitative estimate of drug-likeness (QED) is 0.617. The van der Waals surface area contributed by atoms with Crippen LogP contribution in [0.25, 0.3) is 0 Å². The average molecular weight is 305 g/mol. The van der Waals surface area contributed by atoms with Gasteiger partial charge in [-0.15, -0.1) is 0 Å². The molecule has 0 unspecified atom stereocenters. The third-order valence-corrected chi connectivity index (χ3v) is 4.34. The van der Waals surface area contributed by atoms with Crippen molar-refractivity contribution in [3.63, 3.8) is 0 Å². The summed E-state index contributed by atoms with van der Waals surface area (Å²) in [6.07, 6.45) is 1.84. The van der Waals surface area contributed by atoms with Crippen molar-refractivity contribution in [3.8, 4) is 5.97 Å². The van der Waals surface area contributed by atoms with Crippen LogP contribution in [0.4, 0.5) is 11.5 Å². The maximum Gasteiger partial charge on any atom is 0.271 e. The molecular weight excluding hydrogens is 286 g/mol. The van der Waals surface area contributed by atoms with Gasteiger partial charge in [0.25, 0.3) is 6.71 Å². The minimum Gasteiger partial charge on any atom is -0.378 e. The summed E-state index contributed by atoms with van der Waals surface area (Å²) in [6, 6.07) is 4.02. The number of nitriles is 1. The Morgan fingerprint density at radius 2 is 1.86 bits per heavy atom. The predicted molar refractivity (Wildman–Crippen MR) is 85.5 cm³/mol. The summed E-state index contributed by atoms with van der Waals surface area (Å²) in [7, 11) is 0. The lowest BCUT2D eigenvalue weighted by Gasteiger charge is -2.32. The topological polar surface area (TPSA) is 52.4 Å². The van der Waals surface area contributed by atoms with Crippen molar-refractivity contribution in [3.05, 3.63) is 17.3 Å². The summed E-state index contributed by atoms with van der Waals surface area (Å²) in [4.78, 5) is 8.95. The maximum absolute atomic E-state index is 8.99. The molecule has 0 aromatic carbocycles. The van der Waals surface area contributed by atoms with Gasteiger partial charge in [0.05, 0.1) is 13.2 Å². The van der Waals surface area contributed by atoms with E-state index in [1.165, 1.54) is 0 Å². The van der Waals surface area contributed by atoms with Crippen LogP contribution in [0.1, 0.15) is 0 Å². The first-order valence-corrected chi connectivity index (χ1v) is 7.79. The number of rotatable bonds is 2. The van der Waals surface area contributed by atoms with E-state index in [2.05, 4.69) is 26.8 Å². The number of hydrogen-bond donors (Lipinski definition) is 0. The van der Waals surface area contributed by atoms with E-state index >= 15 is 0 Å². The van der Waals surface area contributed by atoms with Gasteiger partial charge in [0, 0.05) is 43.9 Å². The first-order valence-electron chi connectivity index (χ1n) is 7.41. The second-order valence-electron chi connectivity index (χ2n) is 5.50. The molecule has 21 heavy (non-hydrogen) atoms. The Morgan fingerprint density at radius 3 is 2.52 bits per heavy atom. The largest absolute Gasteiger partial charge is 0.378 e. The lowest BCUT2D eigenvalue weighted by Crippen LogP contribution is -2.38. The Balaban J connectivity index is 1.76. The average Bonchev–Trinajstić information content (AvgIpc) is 2.55. The van der Waals surface area contributed by atoms with Crippen molar-refractivity contribution in [2.45, 2.75) is 12.6 Å². The molecule has 3 rings (SSSR count). The summed E-state index contributed by atoms with van der Waals surface area (Å²) in [5.74, 6) is 3.28. The summed E-state index contributed by atoms with van der Waals surface area (Å²) in [6.45, 7) is 5.17. The first kappa shape index (κ1) is 14.5. The van der Waals surface area contributed by atoms with Gasteiger partial charge in [0.2, 0.25) is 0 Å². The lowest BCUT2D eigenvalue weighted by molar-refractivity contribution is 0.122. The number of nitrogens with zero attached hydrogens (tertiary/aromatic N) is 4. The van der Waals surface area contributed by atoms with E-state index in [0.29, 0.717) is 5.15 Å². The highest BCUT2D eigenvalue weighted by Gasteiger charge is 2.23. The van der Waals surface area contributed by atoms with Gasteiger partial charge in [-0.2, -0.15) is 0 Å². The van der Waals surface area contributed by atoms with E-state index in [1.54, 1.807) is 0 Å². The van der Waals surface area contributed by atoms with Crippen molar-refractivity contribution < 1.29 is 4.74 Å². The number of anilines is 2. The highest BCUT2D eigenvalue weighted by atomic mass is 35.5. The zero-order chi connectivity index (χ0) is 14.7. The monoisotopic (exact) mass is 304 g/mol. The molecule has 7 heteroatoms. The molecule has 5 nitrogen and oxygen atoms in total. The van der Waals surface area contributed by atoms with E-state index in [-0.39, 0.29) is 6.71 Å². The van der Waals surface area contributed by atoms with Crippen LogP contribution in [0.3, 0.4) is 0 Å². The van der Waals surface area contributed by atoms with Crippen molar-refractivity contribution in [1.29, 1.82) is 5.26 Å². The molecule has 0 bridgehead atoms. The Morgan fingerprint density at radius 1 is 1.14 bits per heavy atom. The van der Waals surface area contributed by atoms with Gasteiger partial charge in [0.1, 0.15) is 11.0 Å². The van der Waals surface area contributed by atoms with E-state index in [0.717, 1.165) is 63.5 Å². The van der Waals surface area contributed by atoms with E-state index in [1.807, 2.05) is 6.07 Å². The highest BCUT2D eigenvalue weighted by molar-refractivity contribution is 6.67. The van der Waals surface area contributed by atoms with Crippen LogP contribution in [0.5, 0.6) is 0 Å². The third-order valence-electron chi connectivity index (χ3n) is 4.14. The fraction of sp³-hybridized carbons (Fsp3) is 0.571. The number of ether oxygens (including phenoxy) is 1. The maximum atomic E-state index is 8.99. The molecule has 1 aromatic heterocycles. The summed E-state index contributed by atoms with van der Waals surface area (Å²) >= 11 is 6.20. The smallest absolute Gasteiger partial charge is 0.271 e. The highest BCUT2D eigenvalue weighted by Crippen LogP contribution is 2.27. The molecule has 0 aliphatic carbocycles. The normalized spacial score (nSPS) is 19.5. The molecular formula is C14H18BClN4O. The molecule has 0 atom stereocenters. The van der Waals surface area contributed by atoms with Gasteiger partial charge < -0.3 is 14.5 Å². The lowest BCUT2D eigenvalue weighted by atomic mass is 9.45. The minimum absolute atomic E-state index is 0.192. The number of hydrogen-bond acceptors (Lipinski definition) is 5. The van der Waals surface area contributed by atoms with Crippen LogP contribution in [-0.2, 0) is 4.74 Å². The molecule has 0 N–H and O–H groups in total. The number of halogens is 1. The van der Waals surface area contributed by atoms with Gasteiger partial charge >= 0.3 is 0 Å². The molecule has 2 aliphatic heterocycles. The minimum atomic E-state index is 0.192. The van der Waals surface area contributed by atoms with Crippen molar-refractivity contribution in [2.24, 2.45) is 0 Å². The van der Waals surface area contributed by atoms with Crippen LogP contribution < -0.4 is 9.80 Å². The molecule has 2 fully saturated rings. The van der Waals surface area contributed by atoms with E-state index < -0.39 is 0 Å². The Hall–Kier alpha value is -1.45. The van der Waals surface area contributed by atoms with Gasteiger partial charge in [-0.3, -0.25) is 0 Å². The molecule has 110 valence electrons. The molecule has 2 saturated heterocycles. The van der Waals surface area contributed by atoms with Gasteiger partial charge in [-0.05, 0) is 18.7 Å². The van der Waals surface area contributed by atoms with Crippen LogP contribution >= 0.6 is 11.6 Å². The predicted octanol–water partition coefficient (Wildman–Crippen LogP) is 1.95. The molecule has 0 saturated carbocycles. The second kappa shape index (κ2) is 6.55. The van der Waals surface area contributed by atoms with Gasteiger partial charge in [-0.1, -0.05) is 11.6 Å². The molecule has 0 radical (unpaired) electrons. The fourth-order valence-electron chi connectivity index (χ4n) is 2.87.